The summed E-state index contributed by atoms with van der Waals surface area (Å²) in [6.45, 7) is 5.31. The van der Waals surface area contributed by atoms with Crippen LogP contribution in [0.25, 0.3) is 0 Å². The van der Waals surface area contributed by atoms with Gasteiger partial charge in [0.25, 0.3) is 0 Å². The van der Waals surface area contributed by atoms with Gasteiger partial charge in [-0.25, -0.2) is 0 Å². The monoisotopic (exact) mass is 551 g/mol. The van der Waals surface area contributed by atoms with Crippen LogP contribution in [0.15, 0.2) is 59.6 Å². The van der Waals surface area contributed by atoms with Gasteiger partial charge in [0.05, 0.1) is 0 Å². The standard InChI is InChI=1S/C25H37N5O.HI/c1-26-25(27-18-22-12-7-8-14-24(22)31-17-16-29(2)3)28-19-23-13-9-15-30(23)20-21-10-5-4-6-11-21;/h4-8,10-12,14,23H,9,13,15-20H2,1-3H3,(H2,26,27,28);1H. The van der Waals surface area contributed by atoms with Crippen LogP contribution < -0.4 is 15.4 Å². The third-order valence-corrected chi connectivity index (χ3v) is 5.67. The van der Waals surface area contributed by atoms with Crippen LogP contribution in [0.4, 0.5) is 0 Å². The number of nitrogens with one attached hydrogen (secondary N) is 2. The van der Waals surface area contributed by atoms with Gasteiger partial charge in [-0.3, -0.25) is 9.89 Å². The highest BCUT2D eigenvalue weighted by molar-refractivity contribution is 14.0. The third kappa shape index (κ3) is 8.60. The number of benzene rings is 2. The van der Waals surface area contributed by atoms with Crippen LogP contribution in [0.2, 0.25) is 0 Å². The summed E-state index contributed by atoms with van der Waals surface area (Å²) in [6, 6.07) is 19.5. The fourth-order valence-corrected chi connectivity index (χ4v) is 3.90. The molecular formula is C25H38IN5O. The van der Waals surface area contributed by atoms with Crippen molar-refractivity contribution < 1.29 is 4.74 Å². The van der Waals surface area contributed by atoms with E-state index in [2.05, 4.69) is 75.9 Å². The molecule has 1 unspecified atom stereocenters. The van der Waals surface area contributed by atoms with Gasteiger partial charge >= 0.3 is 0 Å². The van der Waals surface area contributed by atoms with Crippen molar-refractivity contribution in [3.05, 3.63) is 65.7 Å². The zero-order valence-electron chi connectivity index (χ0n) is 19.6. The second-order valence-electron chi connectivity index (χ2n) is 8.32. The van der Waals surface area contributed by atoms with Gasteiger partial charge in [-0.1, -0.05) is 48.5 Å². The number of hydrogen-bond donors (Lipinski definition) is 2. The van der Waals surface area contributed by atoms with Gasteiger partial charge < -0.3 is 20.3 Å². The van der Waals surface area contributed by atoms with Gasteiger partial charge in [0, 0.05) is 44.8 Å². The molecule has 0 aliphatic carbocycles. The fraction of sp³-hybridized carbons (Fsp3) is 0.480. The molecule has 0 amide bonds. The molecule has 0 radical (unpaired) electrons. The highest BCUT2D eigenvalue weighted by Crippen LogP contribution is 2.20. The first-order chi connectivity index (χ1) is 15.2. The molecule has 3 rings (SSSR count). The minimum Gasteiger partial charge on any atom is -0.492 e. The molecule has 0 bridgehead atoms. The molecule has 0 saturated carbocycles. The number of ether oxygens (including phenoxy) is 1. The van der Waals surface area contributed by atoms with E-state index < -0.39 is 0 Å². The molecule has 1 saturated heterocycles. The van der Waals surface area contributed by atoms with Crippen LogP contribution in [0.5, 0.6) is 5.75 Å². The first-order valence-electron chi connectivity index (χ1n) is 11.2. The Morgan fingerprint density at radius 2 is 1.84 bits per heavy atom. The van der Waals surface area contributed by atoms with Gasteiger partial charge in [-0.05, 0) is 45.1 Å². The van der Waals surface area contributed by atoms with E-state index in [4.69, 9.17) is 4.74 Å². The number of likely N-dealkylation sites (tertiary alicyclic amines) is 1. The van der Waals surface area contributed by atoms with Crippen LogP contribution in [-0.4, -0.2) is 69.2 Å². The lowest BCUT2D eigenvalue weighted by atomic mass is 10.2. The van der Waals surface area contributed by atoms with E-state index in [-0.39, 0.29) is 24.0 Å². The lowest BCUT2D eigenvalue weighted by Gasteiger charge is -2.25. The van der Waals surface area contributed by atoms with Crippen LogP contribution in [-0.2, 0) is 13.1 Å². The van der Waals surface area contributed by atoms with Gasteiger partial charge in [-0.15, -0.1) is 24.0 Å². The number of guanidine groups is 1. The Kier molecular flexibility index (Phi) is 11.8. The lowest BCUT2D eigenvalue weighted by molar-refractivity contribution is 0.245. The maximum Gasteiger partial charge on any atom is 0.191 e. The van der Waals surface area contributed by atoms with Crippen LogP contribution in [0, 0.1) is 0 Å². The summed E-state index contributed by atoms with van der Waals surface area (Å²) < 4.78 is 5.98. The molecule has 1 aliphatic rings. The maximum atomic E-state index is 5.98. The van der Waals surface area contributed by atoms with E-state index in [0.717, 1.165) is 43.5 Å². The Labute approximate surface area is 210 Å². The maximum absolute atomic E-state index is 5.98. The topological polar surface area (TPSA) is 52.1 Å². The van der Waals surface area contributed by atoms with Crippen molar-refractivity contribution in [2.24, 2.45) is 4.99 Å². The largest absolute Gasteiger partial charge is 0.492 e. The quantitative estimate of drug-likeness (QED) is 0.269. The summed E-state index contributed by atoms with van der Waals surface area (Å²) in [7, 11) is 5.93. The molecule has 176 valence electrons. The summed E-state index contributed by atoms with van der Waals surface area (Å²) in [4.78, 5) is 9.11. The van der Waals surface area contributed by atoms with Crippen LogP contribution >= 0.6 is 24.0 Å². The molecule has 0 aromatic heterocycles. The van der Waals surface area contributed by atoms with Gasteiger partial charge in [-0.2, -0.15) is 0 Å². The van der Waals surface area contributed by atoms with Crippen LogP contribution in [0.3, 0.4) is 0 Å². The normalized spacial score (nSPS) is 16.6. The summed E-state index contributed by atoms with van der Waals surface area (Å²) in [6.07, 6.45) is 2.47. The molecule has 1 heterocycles. The Hall–Kier alpha value is -1.84. The van der Waals surface area contributed by atoms with Gasteiger partial charge in [0.1, 0.15) is 12.4 Å². The SMILES string of the molecule is CN=C(NCc1ccccc1OCCN(C)C)NCC1CCCN1Cc1ccccc1.I. The number of nitrogens with zero attached hydrogens (tertiary/aromatic N) is 3. The second-order valence-corrected chi connectivity index (χ2v) is 8.32. The van der Waals surface area contributed by atoms with E-state index >= 15 is 0 Å². The predicted molar refractivity (Wildman–Crippen MR) is 144 cm³/mol. The van der Waals surface area contributed by atoms with E-state index in [0.29, 0.717) is 19.2 Å². The van der Waals surface area contributed by atoms with E-state index in [1.54, 1.807) is 0 Å². The Bertz CT molecular complexity index is 815. The molecule has 2 aromatic rings. The van der Waals surface area contributed by atoms with E-state index in [1.807, 2.05) is 25.2 Å². The molecule has 6 nitrogen and oxygen atoms in total. The van der Waals surface area contributed by atoms with E-state index in [9.17, 15) is 0 Å². The predicted octanol–water partition coefficient (Wildman–Crippen LogP) is 3.57. The minimum atomic E-state index is 0. The summed E-state index contributed by atoms with van der Waals surface area (Å²) in [5.41, 5.74) is 2.51. The molecule has 1 fully saturated rings. The fourth-order valence-electron chi connectivity index (χ4n) is 3.90. The Balaban J connectivity index is 0.00000363. The number of aliphatic imine (C=N–C) groups is 1. The number of rotatable bonds is 10. The highest BCUT2D eigenvalue weighted by atomic mass is 127. The summed E-state index contributed by atoms with van der Waals surface area (Å²) in [5, 5.41) is 6.97. The minimum absolute atomic E-state index is 0. The number of halogens is 1. The van der Waals surface area contributed by atoms with Crippen molar-refractivity contribution in [2.75, 3.05) is 47.4 Å². The smallest absolute Gasteiger partial charge is 0.191 e. The molecule has 2 N–H and O–H groups in total. The van der Waals surface area contributed by atoms with Crippen molar-refractivity contribution >= 4 is 29.9 Å². The molecule has 7 heteroatoms. The number of likely N-dealkylation sites (N-methyl/N-ethyl adjacent to an activating group) is 1. The second kappa shape index (κ2) is 14.3. The summed E-state index contributed by atoms with van der Waals surface area (Å²) in [5.74, 6) is 1.76. The zero-order valence-corrected chi connectivity index (χ0v) is 21.9. The third-order valence-electron chi connectivity index (χ3n) is 5.67. The van der Waals surface area contributed by atoms with Crippen molar-refractivity contribution in [3.8, 4) is 5.75 Å². The molecule has 1 aliphatic heterocycles. The molecule has 0 spiro atoms. The van der Waals surface area contributed by atoms with Crippen LogP contribution in [0.1, 0.15) is 24.0 Å². The zero-order chi connectivity index (χ0) is 21.9. The Morgan fingerprint density at radius 1 is 1.09 bits per heavy atom. The van der Waals surface area contributed by atoms with Crippen molar-refractivity contribution in [1.82, 2.24) is 20.4 Å². The highest BCUT2D eigenvalue weighted by Gasteiger charge is 2.24. The number of hydrogen-bond acceptors (Lipinski definition) is 4. The van der Waals surface area contributed by atoms with E-state index in [1.165, 1.54) is 18.4 Å². The molecule has 1 atom stereocenters. The summed E-state index contributed by atoms with van der Waals surface area (Å²) >= 11 is 0. The Morgan fingerprint density at radius 3 is 2.59 bits per heavy atom. The lowest BCUT2D eigenvalue weighted by Crippen LogP contribution is -2.44. The van der Waals surface area contributed by atoms with Gasteiger partial charge in [0.2, 0.25) is 0 Å². The molecule has 32 heavy (non-hydrogen) atoms. The first-order valence-corrected chi connectivity index (χ1v) is 11.2. The van der Waals surface area contributed by atoms with Crippen molar-refractivity contribution in [1.29, 1.82) is 0 Å². The van der Waals surface area contributed by atoms with Crippen molar-refractivity contribution in [3.63, 3.8) is 0 Å². The van der Waals surface area contributed by atoms with Gasteiger partial charge in [0.15, 0.2) is 5.96 Å². The number of para-hydroxylation sites is 1. The molecule has 2 aromatic carbocycles. The van der Waals surface area contributed by atoms with Crippen molar-refractivity contribution in [2.45, 2.75) is 32.0 Å². The average Bonchev–Trinajstić information content (AvgIpc) is 3.22. The molecular weight excluding hydrogens is 513 g/mol. The first kappa shape index (κ1) is 26.4. The average molecular weight is 552 g/mol.